The number of nitrogens with two attached hydrogens (primary N) is 1. The highest BCUT2D eigenvalue weighted by atomic mass is 16.3. The summed E-state index contributed by atoms with van der Waals surface area (Å²) >= 11 is 0. The molecule has 0 radical (unpaired) electrons. The van der Waals surface area contributed by atoms with E-state index in [1.807, 2.05) is 0 Å². The second-order valence-electron chi connectivity index (χ2n) is 2.71. The van der Waals surface area contributed by atoms with Crippen molar-refractivity contribution in [1.82, 2.24) is 5.32 Å². The number of amides is 2. The van der Waals surface area contributed by atoms with E-state index in [0.717, 1.165) is 0 Å². The third-order valence-electron chi connectivity index (χ3n) is 1.54. The molecule has 5 N–H and O–H groups in total. The standard InChI is InChI=1S/C7H14N2O4/c1-4(6(8)12)7(13)9-2-5(11)3-10/h4-5,10-11H,2-3H2,1H3,(H2,8,12)(H,9,13). The van der Waals surface area contributed by atoms with E-state index in [-0.39, 0.29) is 6.54 Å². The van der Waals surface area contributed by atoms with Gasteiger partial charge >= 0.3 is 0 Å². The lowest BCUT2D eigenvalue weighted by Gasteiger charge is -2.11. The van der Waals surface area contributed by atoms with Gasteiger partial charge in [0, 0.05) is 6.54 Å². The van der Waals surface area contributed by atoms with Gasteiger partial charge in [0.15, 0.2) is 0 Å². The van der Waals surface area contributed by atoms with Gasteiger partial charge in [0.25, 0.3) is 0 Å². The predicted octanol–water partition coefficient (Wildman–Crippen LogP) is -2.42. The number of primary amides is 1. The van der Waals surface area contributed by atoms with Crippen molar-refractivity contribution in [2.75, 3.05) is 13.2 Å². The summed E-state index contributed by atoms with van der Waals surface area (Å²) in [4.78, 5) is 21.5. The summed E-state index contributed by atoms with van der Waals surface area (Å²) in [6.45, 7) is 0.835. The largest absolute Gasteiger partial charge is 0.394 e. The Morgan fingerprint density at radius 3 is 2.46 bits per heavy atom. The zero-order valence-corrected chi connectivity index (χ0v) is 7.36. The van der Waals surface area contributed by atoms with Gasteiger partial charge in [0.1, 0.15) is 5.92 Å². The van der Waals surface area contributed by atoms with Crippen molar-refractivity contribution in [2.45, 2.75) is 13.0 Å². The number of aliphatic hydroxyl groups is 2. The van der Waals surface area contributed by atoms with Crippen molar-refractivity contribution < 1.29 is 19.8 Å². The van der Waals surface area contributed by atoms with Crippen LogP contribution in [0.3, 0.4) is 0 Å². The van der Waals surface area contributed by atoms with Gasteiger partial charge in [-0.25, -0.2) is 0 Å². The van der Waals surface area contributed by atoms with Gasteiger partial charge in [-0.05, 0) is 6.92 Å². The van der Waals surface area contributed by atoms with Gasteiger partial charge < -0.3 is 21.3 Å². The smallest absolute Gasteiger partial charge is 0.232 e. The minimum absolute atomic E-state index is 0.0903. The molecule has 13 heavy (non-hydrogen) atoms. The summed E-state index contributed by atoms with van der Waals surface area (Å²) < 4.78 is 0. The molecule has 0 aromatic rings. The van der Waals surface area contributed by atoms with E-state index in [1.54, 1.807) is 0 Å². The summed E-state index contributed by atoms with van der Waals surface area (Å²) in [5.41, 5.74) is 4.86. The number of carbonyl (C=O) groups excluding carboxylic acids is 2. The first-order chi connectivity index (χ1) is 5.99. The van der Waals surface area contributed by atoms with Crippen LogP contribution in [0.5, 0.6) is 0 Å². The molecular formula is C7H14N2O4. The normalized spacial score (nSPS) is 14.7. The zero-order chi connectivity index (χ0) is 10.4. The average molecular weight is 190 g/mol. The second kappa shape index (κ2) is 5.50. The van der Waals surface area contributed by atoms with Crippen molar-refractivity contribution in [1.29, 1.82) is 0 Å². The molecular weight excluding hydrogens is 176 g/mol. The van der Waals surface area contributed by atoms with Gasteiger partial charge in [0.05, 0.1) is 12.7 Å². The summed E-state index contributed by atoms with van der Waals surface area (Å²) in [5, 5.41) is 19.5. The molecule has 0 spiro atoms. The number of rotatable bonds is 5. The third kappa shape index (κ3) is 4.44. The van der Waals surface area contributed by atoms with E-state index in [0.29, 0.717) is 0 Å². The van der Waals surface area contributed by atoms with Crippen LogP contribution in [0.4, 0.5) is 0 Å². The highest BCUT2D eigenvalue weighted by molar-refractivity contribution is 5.99. The fraction of sp³-hybridized carbons (Fsp3) is 0.714. The van der Waals surface area contributed by atoms with Crippen molar-refractivity contribution in [3.8, 4) is 0 Å². The Bertz CT molecular complexity index is 195. The first-order valence-electron chi connectivity index (χ1n) is 3.85. The van der Waals surface area contributed by atoms with E-state index in [9.17, 15) is 9.59 Å². The van der Waals surface area contributed by atoms with Crippen LogP contribution < -0.4 is 11.1 Å². The van der Waals surface area contributed by atoms with E-state index >= 15 is 0 Å². The molecule has 2 unspecified atom stereocenters. The van der Waals surface area contributed by atoms with E-state index in [1.165, 1.54) is 6.92 Å². The molecule has 0 fully saturated rings. The highest BCUT2D eigenvalue weighted by Crippen LogP contribution is 1.92. The van der Waals surface area contributed by atoms with E-state index in [4.69, 9.17) is 15.9 Å². The van der Waals surface area contributed by atoms with Crippen LogP contribution in [-0.2, 0) is 9.59 Å². The van der Waals surface area contributed by atoms with Crippen molar-refractivity contribution >= 4 is 11.8 Å². The van der Waals surface area contributed by atoms with Gasteiger partial charge in [-0.2, -0.15) is 0 Å². The fourth-order valence-electron chi connectivity index (χ4n) is 0.565. The van der Waals surface area contributed by atoms with Crippen molar-refractivity contribution in [2.24, 2.45) is 11.7 Å². The predicted molar refractivity (Wildman–Crippen MR) is 44.5 cm³/mol. The summed E-state index contributed by atoms with van der Waals surface area (Å²) in [6.07, 6.45) is -1.01. The minimum atomic E-state index is -1.01. The highest BCUT2D eigenvalue weighted by Gasteiger charge is 2.18. The molecule has 6 heteroatoms. The third-order valence-corrected chi connectivity index (χ3v) is 1.54. The second-order valence-corrected chi connectivity index (χ2v) is 2.71. The minimum Gasteiger partial charge on any atom is -0.394 e. The lowest BCUT2D eigenvalue weighted by atomic mass is 10.1. The van der Waals surface area contributed by atoms with Crippen LogP contribution in [0, 0.1) is 5.92 Å². The molecule has 0 aliphatic carbocycles. The molecule has 2 atom stereocenters. The average Bonchev–Trinajstić information content (AvgIpc) is 2.11. The lowest BCUT2D eigenvalue weighted by molar-refractivity contribution is -0.133. The van der Waals surface area contributed by atoms with Crippen LogP contribution >= 0.6 is 0 Å². The van der Waals surface area contributed by atoms with Crippen molar-refractivity contribution in [3.63, 3.8) is 0 Å². The quantitative estimate of drug-likeness (QED) is 0.361. The zero-order valence-electron chi connectivity index (χ0n) is 7.36. The van der Waals surface area contributed by atoms with Crippen LogP contribution in [0.15, 0.2) is 0 Å². The Morgan fingerprint density at radius 1 is 1.54 bits per heavy atom. The summed E-state index contributed by atoms with van der Waals surface area (Å²) in [5.74, 6) is -2.21. The lowest BCUT2D eigenvalue weighted by Crippen LogP contribution is -2.41. The Balaban J connectivity index is 3.81. The topological polar surface area (TPSA) is 113 Å². The summed E-state index contributed by atoms with van der Waals surface area (Å²) in [6, 6.07) is 0. The maximum absolute atomic E-state index is 11.0. The van der Waals surface area contributed by atoms with Crippen LogP contribution in [0.2, 0.25) is 0 Å². The number of carbonyl (C=O) groups is 2. The first kappa shape index (κ1) is 11.9. The van der Waals surface area contributed by atoms with Gasteiger partial charge in [-0.1, -0.05) is 0 Å². The molecule has 0 heterocycles. The monoisotopic (exact) mass is 190 g/mol. The van der Waals surface area contributed by atoms with E-state index in [2.05, 4.69) is 5.32 Å². The first-order valence-corrected chi connectivity index (χ1v) is 3.85. The van der Waals surface area contributed by atoms with Crippen LogP contribution in [0.25, 0.3) is 0 Å². The Labute approximate surface area is 75.7 Å². The SMILES string of the molecule is CC(C(N)=O)C(=O)NCC(O)CO. The van der Waals surface area contributed by atoms with Gasteiger partial charge in [0.2, 0.25) is 11.8 Å². The fourth-order valence-corrected chi connectivity index (χ4v) is 0.565. The van der Waals surface area contributed by atoms with Crippen molar-refractivity contribution in [3.05, 3.63) is 0 Å². The van der Waals surface area contributed by atoms with Crippen LogP contribution in [-0.4, -0.2) is 41.3 Å². The molecule has 0 rings (SSSR count). The molecule has 0 aliphatic rings. The molecule has 6 nitrogen and oxygen atoms in total. The Hall–Kier alpha value is -1.14. The molecule has 0 aliphatic heterocycles. The molecule has 0 bridgehead atoms. The maximum Gasteiger partial charge on any atom is 0.232 e. The van der Waals surface area contributed by atoms with Gasteiger partial charge in [-0.3, -0.25) is 9.59 Å². The molecule has 0 saturated carbocycles. The maximum atomic E-state index is 11.0. The molecule has 76 valence electrons. The van der Waals surface area contributed by atoms with Crippen LogP contribution in [0.1, 0.15) is 6.92 Å². The molecule has 0 aromatic heterocycles. The Kier molecular flexibility index (Phi) is 5.01. The molecule has 2 amide bonds. The molecule has 0 saturated heterocycles. The van der Waals surface area contributed by atoms with Gasteiger partial charge in [-0.15, -0.1) is 0 Å². The van der Waals surface area contributed by atoms with E-state index < -0.39 is 30.4 Å². The summed E-state index contributed by atoms with van der Waals surface area (Å²) in [7, 11) is 0. The molecule has 0 aromatic carbocycles. The number of hydrogen-bond donors (Lipinski definition) is 4. The number of hydrogen-bond acceptors (Lipinski definition) is 4. The Morgan fingerprint density at radius 2 is 2.08 bits per heavy atom. The number of aliphatic hydroxyl groups excluding tert-OH is 2. The number of nitrogens with one attached hydrogen (secondary N) is 1.